The van der Waals surface area contributed by atoms with Gasteiger partial charge in [-0.05, 0) is 13.4 Å². The van der Waals surface area contributed by atoms with Crippen molar-refractivity contribution in [3.63, 3.8) is 0 Å². The molecule has 0 atom stereocenters. The fourth-order valence-corrected chi connectivity index (χ4v) is 0.391. The van der Waals surface area contributed by atoms with Gasteiger partial charge in [0.1, 0.15) is 0 Å². The van der Waals surface area contributed by atoms with E-state index in [1.165, 1.54) is 0 Å². The summed E-state index contributed by atoms with van der Waals surface area (Å²) in [5.74, 6) is 0. The molecular weight excluding hydrogens is 101 g/mol. The largest absolute Gasteiger partial charge is 0.380 e. The summed E-state index contributed by atoms with van der Waals surface area (Å²) >= 11 is 0. The van der Waals surface area contributed by atoms with Gasteiger partial charge in [0.05, 0.1) is 14.5 Å². The van der Waals surface area contributed by atoms with Crippen LogP contribution in [0.15, 0.2) is 0 Å². The summed E-state index contributed by atoms with van der Waals surface area (Å²) in [5.41, 5.74) is 0. The van der Waals surface area contributed by atoms with Gasteiger partial charge in [0, 0.05) is 13.2 Å². The van der Waals surface area contributed by atoms with Crippen LogP contribution in [-0.4, -0.2) is 34.0 Å². The molecule has 3 heteroatoms. The van der Waals surface area contributed by atoms with Gasteiger partial charge in [0.25, 0.3) is 0 Å². The minimum Gasteiger partial charge on any atom is -0.380 e. The predicted molar refractivity (Wildman–Crippen MR) is 35.1 cm³/mol. The smallest absolute Gasteiger partial charge is 0.0859 e. The van der Waals surface area contributed by atoms with Crippen LogP contribution in [0.1, 0.15) is 6.92 Å². The third-order valence-electron chi connectivity index (χ3n) is 0.772. The van der Waals surface area contributed by atoms with Gasteiger partial charge in [-0.3, -0.25) is 0 Å². The minimum absolute atomic E-state index is 0.535. The molecule has 0 saturated heterocycles. The van der Waals surface area contributed by atoms with Crippen molar-refractivity contribution in [2.75, 3.05) is 26.2 Å². The quantitative estimate of drug-likeness (QED) is 0.391. The fourth-order valence-electron chi connectivity index (χ4n) is 0.391. The highest BCUT2D eigenvalue weighted by atomic mass is 16.5. The highest BCUT2D eigenvalue weighted by Gasteiger charge is 1.80. The van der Waals surface area contributed by atoms with Crippen LogP contribution in [0, 0.1) is 0 Å². The van der Waals surface area contributed by atoms with Crippen LogP contribution in [0.4, 0.5) is 0 Å². The molecule has 2 nitrogen and oxygen atoms in total. The van der Waals surface area contributed by atoms with Crippen molar-refractivity contribution in [2.45, 2.75) is 6.92 Å². The number of hydrogen-bond donors (Lipinski definition) is 1. The molecule has 0 heterocycles. The maximum absolute atomic E-state index is 5.14. The van der Waals surface area contributed by atoms with Gasteiger partial charge < -0.3 is 10.1 Å². The Labute approximate surface area is 52.0 Å². The van der Waals surface area contributed by atoms with Crippen molar-refractivity contribution in [3.8, 4) is 0 Å². The average molecular weight is 113 g/mol. The van der Waals surface area contributed by atoms with E-state index in [1.54, 1.807) is 0 Å². The van der Waals surface area contributed by atoms with Crippen molar-refractivity contribution in [1.29, 1.82) is 0 Å². The normalized spacial score (nSPS) is 9.62. The molecule has 0 spiro atoms. The second-order valence-electron chi connectivity index (χ2n) is 1.40. The molecule has 0 aromatic rings. The van der Waals surface area contributed by atoms with Crippen LogP contribution in [0.25, 0.3) is 0 Å². The molecule has 8 heavy (non-hydrogen) atoms. The van der Waals surface area contributed by atoms with Crippen LogP contribution in [-0.2, 0) is 4.74 Å². The summed E-state index contributed by atoms with van der Waals surface area (Å²) < 4.78 is 5.02. The van der Waals surface area contributed by atoms with Crippen LogP contribution in [0.5, 0.6) is 0 Å². The van der Waals surface area contributed by atoms with Crippen LogP contribution >= 0.6 is 0 Å². The molecule has 0 amide bonds. The zero-order chi connectivity index (χ0) is 6.24. The van der Waals surface area contributed by atoms with E-state index in [0.717, 1.165) is 19.8 Å². The maximum Gasteiger partial charge on any atom is 0.0859 e. The SMILES string of the molecule is [B]CNCCOCC. The predicted octanol–water partition coefficient (Wildman–Crippen LogP) is -0.262. The lowest BCUT2D eigenvalue weighted by molar-refractivity contribution is 0.150. The van der Waals surface area contributed by atoms with Gasteiger partial charge in [0.2, 0.25) is 0 Å². The van der Waals surface area contributed by atoms with Crippen LogP contribution < -0.4 is 5.32 Å². The van der Waals surface area contributed by atoms with E-state index >= 15 is 0 Å². The first-order valence-corrected chi connectivity index (χ1v) is 2.90. The zero-order valence-corrected chi connectivity index (χ0v) is 5.31. The Balaban J connectivity index is 2.53. The first-order valence-electron chi connectivity index (χ1n) is 2.90. The van der Waals surface area contributed by atoms with Crippen molar-refractivity contribution in [3.05, 3.63) is 0 Å². The Morgan fingerprint density at radius 1 is 1.62 bits per heavy atom. The second-order valence-corrected chi connectivity index (χ2v) is 1.40. The standard InChI is InChI=1S/C5H12BNO/c1-2-8-4-3-7-5-6/h7H,2-5H2,1H3. The van der Waals surface area contributed by atoms with Crippen LogP contribution in [0.3, 0.4) is 0 Å². The number of hydrogen-bond acceptors (Lipinski definition) is 2. The van der Waals surface area contributed by atoms with E-state index in [1.807, 2.05) is 6.92 Å². The van der Waals surface area contributed by atoms with E-state index in [0.29, 0.717) is 6.44 Å². The van der Waals surface area contributed by atoms with Crippen molar-refractivity contribution >= 4 is 7.85 Å². The molecule has 0 aliphatic rings. The zero-order valence-electron chi connectivity index (χ0n) is 5.31. The Kier molecular flexibility index (Phi) is 6.97. The van der Waals surface area contributed by atoms with Gasteiger partial charge >= 0.3 is 0 Å². The van der Waals surface area contributed by atoms with Crippen molar-refractivity contribution in [1.82, 2.24) is 5.32 Å². The lowest BCUT2D eigenvalue weighted by Crippen LogP contribution is -2.20. The number of nitrogens with one attached hydrogen (secondary N) is 1. The monoisotopic (exact) mass is 113 g/mol. The first-order chi connectivity index (χ1) is 3.91. The molecular formula is C5H12BNO. The van der Waals surface area contributed by atoms with Gasteiger partial charge in [-0.25, -0.2) is 0 Å². The van der Waals surface area contributed by atoms with E-state index < -0.39 is 0 Å². The molecule has 0 aliphatic heterocycles. The minimum atomic E-state index is 0.535. The molecule has 2 radical (unpaired) electrons. The molecule has 0 saturated carbocycles. The van der Waals surface area contributed by atoms with Gasteiger partial charge in [-0.15, -0.1) is 0 Å². The van der Waals surface area contributed by atoms with E-state index in [-0.39, 0.29) is 0 Å². The van der Waals surface area contributed by atoms with E-state index in [4.69, 9.17) is 12.6 Å². The molecule has 0 unspecified atom stereocenters. The van der Waals surface area contributed by atoms with Crippen molar-refractivity contribution in [2.24, 2.45) is 0 Å². The molecule has 0 aromatic carbocycles. The topological polar surface area (TPSA) is 21.3 Å². The lowest BCUT2D eigenvalue weighted by Gasteiger charge is -1.99. The summed E-state index contributed by atoms with van der Waals surface area (Å²) in [6, 6.07) is 0. The summed E-state index contributed by atoms with van der Waals surface area (Å²) in [5, 5.41) is 2.94. The fraction of sp³-hybridized carbons (Fsp3) is 1.00. The van der Waals surface area contributed by atoms with Gasteiger partial charge in [-0.2, -0.15) is 0 Å². The van der Waals surface area contributed by atoms with Gasteiger partial charge in [0.15, 0.2) is 0 Å². The van der Waals surface area contributed by atoms with Crippen molar-refractivity contribution < 1.29 is 4.74 Å². The molecule has 0 rings (SSSR count). The van der Waals surface area contributed by atoms with E-state index in [9.17, 15) is 0 Å². The summed E-state index contributed by atoms with van der Waals surface area (Å²) in [6.45, 7) is 4.37. The number of ether oxygens (including phenoxy) is 1. The molecule has 0 aromatic heterocycles. The average Bonchev–Trinajstić information content (AvgIpc) is 1.81. The second kappa shape index (κ2) is 6.98. The molecule has 1 N–H and O–H groups in total. The molecule has 0 bridgehead atoms. The number of rotatable bonds is 5. The summed E-state index contributed by atoms with van der Waals surface area (Å²) in [7, 11) is 5.14. The molecule has 0 aliphatic carbocycles. The lowest BCUT2D eigenvalue weighted by atomic mass is 10.2. The summed E-state index contributed by atoms with van der Waals surface area (Å²) in [4.78, 5) is 0. The third-order valence-corrected chi connectivity index (χ3v) is 0.772. The Morgan fingerprint density at radius 3 is 2.88 bits per heavy atom. The molecule has 0 fully saturated rings. The van der Waals surface area contributed by atoms with E-state index in [2.05, 4.69) is 5.32 Å². The highest BCUT2D eigenvalue weighted by molar-refractivity contribution is 6.08. The Morgan fingerprint density at radius 2 is 2.38 bits per heavy atom. The summed E-state index contributed by atoms with van der Waals surface area (Å²) in [6.07, 6.45) is 0.535. The van der Waals surface area contributed by atoms with Crippen LogP contribution in [0.2, 0.25) is 0 Å². The first kappa shape index (κ1) is 7.98. The highest BCUT2D eigenvalue weighted by Crippen LogP contribution is 1.67. The maximum atomic E-state index is 5.14. The Bertz CT molecular complexity index is 37.4. The van der Waals surface area contributed by atoms with Gasteiger partial charge in [-0.1, -0.05) is 0 Å². The molecule has 46 valence electrons. The Hall–Kier alpha value is -0.0151. The third kappa shape index (κ3) is 5.98.